The maximum Gasteiger partial charge on any atom is 0.433 e. The van der Waals surface area contributed by atoms with E-state index in [0.29, 0.717) is 17.9 Å². The summed E-state index contributed by atoms with van der Waals surface area (Å²) < 4.78 is 84.8. The lowest BCUT2D eigenvalue weighted by Gasteiger charge is -2.15. The fraction of sp³-hybridized carbons (Fsp3) is 0.208. The molecule has 0 spiro atoms. The van der Waals surface area contributed by atoms with E-state index in [4.69, 9.17) is 4.74 Å². The lowest BCUT2D eigenvalue weighted by molar-refractivity contribution is -0.139. The first-order chi connectivity index (χ1) is 17.5. The van der Waals surface area contributed by atoms with Crippen LogP contribution in [0.3, 0.4) is 0 Å². The lowest BCUT2D eigenvalue weighted by atomic mass is 10.1. The molecule has 13 heteroatoms. The van der Waals surface area contributed by atoms with Crippen LogP contribution < -0.4 is 14.8 Å². The first-order valence-electron chi connectivity index (χ1n) is 11.0. The molecule has 0 fully saturated rings. The van der Waals surface area contributed by atoms with Gasteiger partial charge < -0.3 is 15.2 Å². The summed E-state index contributed by atoms with van der Waals surface area (Å²) in [6, 6.07) is 14.7. The monoisotopic (exact) mass is 538 g/mol. The molecule has 0 aliphatic carbocycles. The Morgan fingerprint density at radius 1 is 1.05 bits per heavy atom. The number of aromatic nitrogens is 2. The molecular weight excluding hydrogens is 516 g/mol. The minimum Gasteiger partial charge on any atom is -0.492 e. The Bertz CT molecular complexity index is 1470. The summed E-state index contributed by atoms with van der Waals surface area (Å²) in [5.41, 5.74) is -0.107. The van der Waals surface area contributed by atoms with Gasteiger partial charge in [0.1, 0.15) is 23.9 Å². The molecule has 1 unspecified atom stereocenters. The number of hydrogen-bond acceptors (Lipinski definition) is 6. The Morgan fingerprint density at radius 2 is 1.81 bits per heavy atom. The molecule has 1 aromatic heterocycles. The number of H-pyrrole nitrogens is 1. The van der Waals surface area contributed by atoms with Crippen molar-refractivity contribution in [1.29, 1.82) is 0 Å². The first-order valence-corrected chi connectivity index (χ1v) is 12.5. The molecule has 0 aliphatic rings. The standard InChI is InChI=1S/C24H22F4N4O4S/c25-16-4-7-19(8-5-16)37(34,35)32-17-3-1-2-15(12-17)22(33)14-29-10-11-36-18-6-9-20-21(13-18)30-31-23(20)24(26,27)28/h1-9,12-13,22,29,32-33H,10-11,14H2,(H,30,31). The van der Waals surface area contributed by atoms with Crippen LogP contribution in [-0.2, 0) is 16.2 Å². The number of aliphatic hydroxyl groups is 1. The molecule has 0 saturated carbocycles. The zero-order chi connectivity index (χ0) is 26.6. The van der Waals surface area contributed by atoms with E-state index in [2.05, 4.69) is 15.1 Å². The minimum atomic E-state index is -4.53. The number of sulfonamides is 1. The minimum absolute atomic E-state index is 0.0525. The van der Waals surface area contributed by atoms with E-state index in [9.17, 15) is 31.1 Å². The Kier molecular flexibility index (Phi) is 7.66. The smallest absolute Gasteiger partial charge is 0.433 e. The average Bonchev–Trinajstić information content (AvgIpc) is 3.28. The molecule has 1 atom stereocenters. The molecule has 8 nitrogen and oxygen atoms in total. The number of hydrogen-bond donors (Lipinski definition) is 4. The van der Waals surface area contributed by atoms with E-state index >= 15 is 0 Å². The van der Waals surface area contributed by atoms with Crippen molar-refractivity contribution in [3.63, 3.8) is 0 Å². The molecule has 4 rings (SSSR count). The highest BCUT2D eigenvalue weighted by atomic mass is 32.2. The third-order valence-electron chi connectivity index (χ3n) is 5.34. The van der Waals surface area contributed by atoms with E-state index in [1.165, 1.54) is 30.3 Å². The van der Waals surface area contributed by atoms with Gasteiger partial charge >= 0.3 is 6.18 Å². The van der Waals surface area contributed by atoms with Gasteiger partial charge in [-0.1, -0.05) is 12.1 Å². The molecule has 0 aliphatic heterocycles. The third kappa shape index (κ3) is 6.56. The fourth-order valence-corrected chi connectivity index (χ4v) is 4.58. The summed E-state index contributed by atoms with van der Waals surface area (Å²) in [6.07, 6.45) is -5.50. The maximum absolute atomic E-state index is 13.1. The van der Waals surface area contributed by atoms with Gasteiger partial charge in [0, 0.05) is 30.2 Å². The van der Waals surface area contributed by atoms with Crippen LogP contribution in [-0.4, -0.2) is 43.4 Å². The lowest BCUT2D eigenvalue weighted by Crippen LogP contribution is -2.26. The van der Waals surface area contributed by atoms with Crippen molar-refractivity contribution >= 4 is 26.6 Å². The highest BCUT2D eigenvalue weighted by molar-refractivity contribution is 7.92. The number of anilines is 1. The average molecular weight is 539 g/mol. The van der Waals surface area contributed by atoms with Crippen LogP contribution in [0.2, 0.25) is 0 Å². The van der Waals surface area contributed by atoms with Crippen molar-refractivity contribution in [2.45, 2.75) is 17.2 Å². The van der Waals surface area contributed by atoms with Gasteiger partial charge in [0.2, 0.25) is 0 Å². The number of benzene rings is 3. The number of ether oxygens (including phenoxy) is 1. The Hall–Kier alpha value is -3.68. The van der Waals surface area contributed by atoms with Crippen molar-refractivity contribution in [2.24, 2.45) is 0 Å². The quantitative estimate of drug-likeness (QED) is 0.178. The highest BCUT2D eigenvalue weighted by Gasteiger charge is 2.35. The number of fused-ring (bicyclic) bond motifs is 1. The number of nitrogens with one attached hydrogen (secondary N) is 3. The number of nitrogens with zero attached hydrogens (tertiary/aromatic N) is 1. The summed E-state index contributed by atoms with van der Waals surface area (Å²) >= 11 is 0. The van der Waals surface area contributed by atoms with Crippen LogP contribution in [0, 0.1) is 5.82 Å². The van der Waals surface area contributed by atoms with Crippen LogP contribution in [0.1, 0.15) is 17.4 Å². The summed E-state index contributed by atoms with van der Waals surface area (Å²) in [6.45, 7) is 0.623. The van der Waals surface area contributed by atoms with Gasteiger partial charge in [-0.15, -0.1) is 0 Å². The Morgan fingerprint density at radius 3 is 2.54 bits per heavy atom. The third-order valence-corrected chi connectivity index (χ3v) is 6.74. The van der Waals surface area contributed by atoms with Gasteiger partial charge in [0.15, 0.2) is 0 Å². The summed E-state index contributed by atoms with van der Waals surface area (Å²) in [7, 11) is -3.94. The van der Waals surface area contributed by atoms with Gasteiger partial charge in [-0.3, -0.25) is 9.82 Å². The molecular formula is C24H22F4N4O4S. The molecule has 37 heavy (non-hydrogen) atoms. The summed E-state index contributed by atoms with van der Waals surface area (Å²) in [4.78, 5) is -0.103. The van der Waals surface area contributed by atoms with Crippen LogP contribution in [0.4, 0.5) is 23.2 Å². The molecule has 4 aromatic rings. The van der Waals surface area contributed by atoms with Gasteiger partial charge in [0.05, 0.1) is 16.5 Å². The Labute approximate surface area is 209 Å². The van der Waals surface area contributed by atoms with Crippen molar-refractivity contribution in [2.75, 3.05) is 24.4 Å². The normalized spacial score (nSPS) is 13.0. The number of aliphatic hydroxyl groups excluding tert-OH is 1. The number of halogens is 4. The highest BCUT2D eigenvalue weighted by Crippen LogP contribution is 2.34. The van der Waals surface area contributed by atoms with Crippen LogP contribution in [0.15, 0.2) is 71.6 Å². The molecule has 0 radical (unpaired) electrons. The largest absolute Gasteiger partial charge is 0.492 e. The van der Waals surface area contributed by atoms with Crippen molar-refractivity contribution < 1.29 is 35.8 Å². The zero-order valence-electron chi connectivity index (χ0n) is 19.1. The van der Waals surface area contributed by atoms with E-state index in [-0.39, 0.29) is 34.6 Å². The van der Waals surface area contributed by atoms with Crippen LogP contribution in [0.5, 0.6) is 5.75 Å². The second-order valence-corrected chi connectivity index (χ2v) is 9.71. The maximum atomic E-state index is 13.1. The molecule has 1 heterocycles. The van der Waals surface area contributed by atoms with Gasteiger partial charge in [-0.05, 0) is 54.1 Å². The molecule has 3 aromatic carbocycles. The van der Waals surface area contributed by atoms with Gasteiger partial charge in [-0.2, -0.15) is 18.3 Å². The van der Waals surface area contributed by atoms with Crippen molar-refractivity contribution in [3.8, 4) is 5.75 Å². The SMILES string of the molecule is O=S(=O)(Nc1cccc(C(O)CNCCOc2ccc3c(C(F)(F)F)[nH]nc3c2)c1)c1ccc(F)cc1. The summed E-state index contributed by atoms with van der Waals surface area (Å²) in [5.74, 6) is -0.212. The molecule has 196 valence electrons. The molecule has 0 amide bonds. The zero-order valence-corrected chi connectivity index (χ0v) is 19.9. The van der Waals surface area contributed by atoms with E-state index < -0.39 is 33.8 Å². The van der Waals surface area contributed by atoms with Crippen molar-refractivity contribution in [1.82, 2.24) is 15.5 Å². The van der Waals surface area contributed by atoms with E-state index in [0.717, 1.165) is 24.3 Å². The van der Waals surface area contributed by atoms with E-state index in [1.54, 1.807) is 12.1 Å². The number of alkyl halides is 3. The fourth-order valence-electron chi connectivity index (χ4n) is 3.53. The predicted octanol–water partition coefficient (Wildman–Crippen LogP) is 4.22. The molecule has 0 bridgehead atoms. The number of rotatable bonds is 10. The van der Waals surface area contributed by atoms with Gasteiger partial charge in [-0.25, -0.2) is 12.8 Å². The number of aromatic amines is 1. The predicted molar refractivity (Wildman–Crippen MR) is 128 cm³/mol. The molecule has 4 N–H and O–H groups in total. The summed E-state index contributed by atoms with van der Waals surface area (Å²) in [5, 5.41) is 19.1. The topological polar surface area (TPSA) is 116 Å². The van der Waals surface area contributed by atoms with Crippen molar-refractivity contribution in [3.05, 3.63) is 83.8 Å². The van der Waals surface area contributed by atoms with Crippen LogP contribution >= 0.6 is 0 Å². The van der Waals surface area contributed by atoms with E-state index in [1.807, 2.05) is 5.10 Å². The van der Waals surface area contributed by atoms with Gasteiger partial charge in [0.25, 0.3) is 10.0 Å². The first kappa shape index (κ1) is 26.4. The second kappa shape index (κ2) is 10.7. The van der Waals surface area contributed by atoms with Crippen LogP contribution in [0.25, 0.3) is 10.9 Å². The molecule has 0 saturated heterocycles. The second-order valence-electron chi connectivity index (χ2n) is 8.03. The Balaban J connectivity index is 1.27.